The van der Waals surface area contributed by atoms with Crippen LogP contribution in [0.3, 0.4) is 0 Å². The van der Waals surface area contributed by atoms with Crippen LogP contribution in [0.4, 0.5) is 0 Å². The summed E-state index contributed by atoms with van der Waals surface area (Å²) >= 11 is 0. The van der Waals surface area contributed by atoms with Crippen molar-refractivity contribution in [1.29, 1.82) is 0 Å². The van der Waals surface area contributed by atoms with E-state index in [9.17, 15) is 5.11 Å². The zero-order valence-electron chi connectivity index (χ0n) is 11.0. The lowest BCUT2D eigenvalue weighted by molar-refractivity contribution is 0.0530. The van der Waals surface area contributed by atoms with E-state index in [1.807, 2.05) is 30.3 Å². The number of hydrogen-bond acceptors (Lipinski definition) is 2. The Bertz CT molecular complexity index is 351. The summed E-state index contributed by atoms with van der Waals surface area (Å²) in [6, 6.07) is 10.7. The van der Waals surface area contributed by atoms with E-state index in [1.54, 1.807) is 0 Å². The van der Waals surface area contributed by atoms with Crippen molar-refractivity contribution in [2.45, 2.75) is 45.4 Å². The number of hydrogen-bond donors (Lipinski definition) is 1. The van der Waals surface area contributed by atoms with Crippen molar-refractivity contribution in [1.82, 2.24) is 4.90 Å². The average molecular weight is 233 g/mol. The van der Waals surface area contributed by atoms with Gasteiger partial charge in [-0.05, 0) is 31.7 Å². The third kappa shape index (κ3) is 2.70. The molecule has 94 valence electrons. The van der Waals surface area contributed by atoms with Crippen LogP contribution in [0.2, 0.25) is 0 Å². The maximum Gasteiger partial charge on any atom is 0.0942 e. The molecule has 0 amide bonds. The van der Waals surface area contributed by atoms with E-state index in [1.165, 1.54) is 6.42 Å². The second-order valence-corrected chi connectivity index (χ2v) is 5.48. The number of nitrogens with zero attached hydrogens (tertiary/aromatic N) is 1. The summed E-state index contributed by atoms with van der Waals surface area (Å²) in [6.45, 7) is 7.79. The summed E-state index contributed by atoms with van der Waals surface area (Å²) < 4.78 is 0. The minimum absolute atomic E-state index is 0.192. The largest absolute Gasteiger partial charge is 0.387 e. The van der Waals surface area contributed by atoms with Crippen molar-refractivity contribution in [2.75, 3.05) is 6.54 Å². The molecule has 0 spiro atoms. The number of rotatable bonds is 3. The highest BCUT2D eigenvalue weighted by Gasteiger charge is 2.33. The van der Waals surface area contributed by atoms with Crippen molar-refractivity contribution >= 4 is 0 Å². The van der Waals surface area contributed by atoms with Gasteiger partial charge in [0.15, 0.2) is 0 Å². The van der Waals surface area contributed by atoms with E-state index >= 15 is 0 Å². The van der Waals surface area contributed by atoms with Crippen LogP contribution in [0, 0.1) is 5.92 Å². The van der Waals surface area contributed by atoms with Gasteiger partial charge in [-0.2, -0.15) is 0 Å². The summed E-state index contributed by atoms with van der Waals surface area (Å²) in [5.41, 5.74) is 1.02. The Morgan fingerprint density at radius 1 is 1.24 bits per heavy atom. The number of benzene rings is 1. The first-order chi connectivity index (χ1) is 8.09. The van der Waals surface area contributed by atoms with Crippen LogP contribution < -0.4 is 0 Å². The molecule has 4 unspecified atom stereocenters. The fraction of sp³-hybridized carbons (Fsp3) is 0.600. The van der Waals surface area contributed by atoms with E-state index in [0.717, 1.165) is 18.0 Å². The Balaban J connectivity index is 2.07. The second kappa shape index (κ2) is 5.19. The maximum absolute atomic E-state index is 10.4. The smallest absolute Gasteiger partial charge is 0.0942 e. The fourth-order valence-corrected chi connectivity index (χ4v) is 3.01. The van der Waals surface area contributed by atoms with Gasteiger partial charge < -0.3 is 5.11 Å². The summed E-state index contributed by atoms with van der Waals surface area (Å²) in [5, 5.41) is 10.4. The molecule has 1 aromatic rings. The molecule has 1 N–H and O–H groups in total. The van der Waals surface area contributed by atoms with Crippen LogP contribution in [0.15, 0.2) is 30.3 Å². The van der Waals surface area contributed by atoms with Gasteiger partial charge in [0, 0.05) is 18.6 Å². The van der Waals surface area contributed by atoms with E-state index < -0.39 is 0 Å². The number of likely N-dealkylation sites (tertiary alicyclic amines) is 1. The van der Waals surface area contributed by atoms with Gasteiger partial charge in [0.25, 0.3) is 0 Å². The Hall–Kier alpha value is -0.860. The quantitative estimate of drug-likeness (QED) is 0.867. The molecule has 1 aliphatic rings. The van der Waals surface area contributed by atoms with Crippen LogP contribution in [-0.4, -0.2) is 28.6 Å². The lowest BCUT2D eigenvalue weighted by Gasteiger charge is -2.32. The van der Waals surface area contributed by atoms with Gasteiger partial charge >= 0.3 is 0 Å². The second-order valence-electron chi connectivity index (χ2n) is 5.48. The molecule has 1 saturated heterocycles. The van der Waals surface area contributed by atoms with Crippen LogP contribution in [0.5, 0.6) is 0 Å². The molecule has 1 heterocycles. The SMILES string of the molecule is CC1CC(C)N(C(C)C(O)c2ccccc2)C1. The van der Waals surface area contributed by atoms with E-state index in [-0.39, 0.29) is 12.1 Å². The Morgan fingerprint density at radius 3 is 2.41 bits per heavy atom. The van der Waals surface area contributed by atoms with E-state index in [2.05, 4.69) is 25.7 Å². The molecule has 0 radical (unpaired) electrons. The lowest BCUT2D eigenvalue weighted by Crippen LogP contribution is -2.39. The van der Waals surface area contributed by atoms with Gasteiger partial charge in [-0.25, -0.2) is 0 Å². The molecule has 1 aromatic carbocycles. The molecule has 2 nitrogen and oxygen atoms in total. The standard InChI is InChI=1S/C15H23NO/c1-11-9-12(2)16(10-11)13(3)15(17)14-7-5-4-6-8-14/h4-8,11-13,15,17H,9-10H2,1-3H3. The van der Waals surface area contributed by atoms with Crippen molar-refractivity contribution < 1.29 is 5.11 Å². The molecular weight excluding hydrogens is 210 g/mol. The summed E-state index contributed by atoms with van der Waals surface area (Å²) in [5.74, 6) is 0.746. The molecule has 0 bridgehead atoms. The van der Waals surface area contributed by atoms with Crippen LogP contribution >= 0.6 is 0 Å². The monoisotopic (exact) mass is 233 g/mol. The van der Waals surface area contributed by atoms with E-state index in [4.69, 9.17) is 0 Å². The summed E-state index contributed by atoms with van der Waals surface area (Å²) in [7, 11) is 0. The van der Waals surface area contributed by atoms with Gasteiger partial charge in [-0.3, -0.25) is 4.90 Å². The first-order valence-electron chi connectivity index (χ1n) is 6.58. The summed E-state index contributed by atoms with van der Waals surface area (Å²) in [6.07, 6.45) is 0.857. The zero-order valence-corrected chi connectivity index (χ0v) is 11.0. The van der Waals surface area contributed by atoms with E-state index in [0.29, 0.717) is 6.04 Å². The molecule has 0 aliphatic carbocycles. The summed E-state index contributed by atoms with van der Waals surface area (Å²) in [4.78, 5) is 2.43. The normalized spacial score (nSPS) is 29.2. The number of aliphatic hydroxyl groups excluding tert-OH is 1. The third-order valence-corrected chi connectivity index (χ3v) is 3.95. The molecule has 2 heteroatoms. The molecule has 1 aliphatic heterocycles. The molecule has 17 heavy (non-hydrogen) atoms. The highest BCUT2D eigenvalue weighted by atomic mass is 16.3. The Morgan fingerprint density at radius 2 is 1.88 bits per heavy atom. The minimum atomic E-state index is -0.385. The predicted octanol–water partition coefficient (Wildman–Crippen LogP) is 2.84. The molecule has 4 atom stereocenters. The number of aliphatic hydroxyl groups is 1. The highest BCUT2D eigenvalue weighted by molar-refractivity contribution is 5.18. The molecule has 1 fully saturated rings. The van der Waals surface area contributed by atoms with Gasteiger partial charge in [0.2, 0.25) is 0 Å². The Kier molecular flexibility index (Phi) is 3.85. The third-order valence-electron chi connectivity index (χ3n) is 3.95. The first-order valence-corrected chi connectivity index (χ1v) is 6.58. The van der Waals surface area contributed by atoms with Crippen LogP contribution in [-0.2, 0) is 0 Å². The van der Waals surface area contributed by atoms with Gasteiger partial charge in [-0.15, -0.1) is 0 Å². The molecular formula is C15H23NO. The van der Waals surface area contributed by atoms with Gasteiger partial charge in [0.05, 0.1) is 6.10 Å². The topological polar surface area (TPSA) is 23.5 Å². The van der Waals surface area contributed by atoms with Crippen molar-refractivity contribution in [3.63, 3.8) is 0 Å². The average Bonchev–Trinajstić information content (AvgIpc) is 2.68. The fourth-order valence-electron chi connectivity index (χ4n) is 3.01. The highest BCUT2D eigenvalue weighted by Crippen LogP contribution is 2.29. The first kappa shape index (κ1) is 12.6. The lowest BCUT2D eigenvalue weighted by atomic mass is 10.0. The van der Waals surface area contributed by atoms with Crippen molar-refractivity contribution in [2.24, 2.45) is 5.92 Å². The van der Waals surface area contributed by atoms with Crippen molar-refractivity contribution in [3.8, 4) is 0 Å². The molecule has 2 rings (SSSR count). The van der Waals surface area contributed by atoms with Crippen LogP contribution in [0.25, 0.3) is 0 Å². The van der Waals surface area contributed by atoms with Gasteiger partial charge in [0.1, 0.15) is 0 Å². The van der Waals surface area contributed by atoms with Gasteiger partial charge in [-0.1, -0.05) is 37.3 Å². The van der Waals surface area contributed by atoms with Crippen LogP contribution in [0.1, 0.15) is 38.9 Å². The maximum atomic E-state index is 10.4. The molecule has 0 aromatic heterocycles. The zero-order chi connectivity index (χ0) is 12.4. The minimum Gasteiger partial charge on any atom is -0.387 e. The van der Waals surface area contributed by atoms with Crippen molar-refractivity contribution in [3.05, 3.63) is 35.9 Å². The Labute approximate surface area is 104 Å². The predicted molar refractivity (Wildman–Crippen MR) is 70.8 cm³/mol. The molecule has 0 saturated carbocycles.